The second-order valence-electron chi connectivity index (χ2n) is 5.09. The third kappa shape index (κ3) is 5.84. The van der Waals surface area contributed by atoms with Crippen LogP contribution < -0.4 is 19.5 Å². The third-order valence-electron chi connectivity index (χ3n) is 3.33. The molecule has 27 heavy (non-hydrogen) atoms. The fraction of sp³-hybridized carbons (Fsp3) is 0.222. The van der Waals surface area contributed by atoms with Crippen LogP contribution in [-0.4, -0.2) is 39.3 Å². The highest BCUT2D eigenvalue weighted by atomic mass is 19.3. The first-order valence-corrected chi connectivity index (χ1v) is 7.67. The molecule has 0 aromatic heterocycles. The van der Waals surface area contributed by atoms with Crippen molar-refractivity contribution in [2.24, 2.45) is 0 Å². The van der Waals surface area contributed by atoms with Gasteiger partial charge < -0.3 is 24.3 Å². The number of carbonyl (C=O) groups excluding carboxylic acids is 2. The summed E-state index contributed by atoms with van der Waals surface area (Å²) in [5.41, 5.74) is 0.440. The van der Waals surface area contributed by atoms with Gasteiger partial charge in [0.05, 0.1) is 25.5 Å². The number of methoxy groups -OCH3 is 2. The maximum Gasteiger partial charge on any atom is 0.387 e. The van der Waals surface area contributed by atoms with E-state index in [0.29, 0.717) is 17.2 Å². The summed E-state index contributed by atoms with van der Waals surface area (Å²) in [7, 11) is 2.92. The van der Waals surface area contributed by atoms with Crippen molar-refractivity contribution in [1.29, 1.82) is 0 Å². The molecular weight excluding hydrogens is 364 g/mol. The molecule has 0 aliphatic rings. The van der Waals surface area contributed by atoms with Gasteiger partial charge in [-0.05, 0) is 36.4 Å². The summed E-state index contributed by atoms with van der Waals surface area (Å²) in [6, 6.07) is 9.74. The number of benzene rings is 2. The first-order valence-electron chi connectivity index (χ1n) is 7.67. The summed E-state index contributed by atoms with van der Waals surface area (Å²) in [6.07, 6.45) is 0. The van der Waals surface area contributed by atoms with E-state index in [0.717, 1.165) is 0 Å². The number of carbonyl (C=O) groups is 2. The predicted molar refractivity (Wildman–Crippen MR) is 91.5 cm³/mol. The van der Waals surface area contributed by atoms with Crippen LogP contribution in [0.5, 0.6) is 17.2 Å². The van der Waals surface area contributed by atoms with Gasteiger partial charge in [-0.2, -0.15) is 8.78 Å². The normalized spacial score (nSPS) is 10.3. The Morgan fingerprint density at radius 3 is 2.26 bits per heavy atom. The van der Waals surface area contributed by atoms with E-state index in [1.165, 1.54) is 38.5 Å². The number of rotatable bonds is 8. The van der Waals surface area contributed by atoms with Crippen LogP contribution in [0, 0.1) is 0 Å². The minimum atomic E-state index is -2.96. The van der Waals surface area contributed by atoms with Crippen LogP contribution in [0.1, 0.15) is 10.4 Å². The highest BCUT2D eigenvalue weighted by Gasteiger charge is 2.13. The van der Waals surface area contributed by atoms with E-state index >= 15 is 0 Å². The zero-order valence-corrected chi connectivity index (χ0v) is 14.5. The van der Waals surface area contributed by atoms with Crippen LogP contribution in [0.3, 0.4) is 0 Å². The van der Waals surface area contributed by atoms with Crippen molar-refractivity contribution in [3.05, 3.63) is 48.0 Å². The van der Waals surface area contributed by atoms with Crippen molar-refractivity contribution < 1.29 is 37.3 Å². The van der Waals surface area contributed by atoms with Crippen molar-refractivity contribution >= 4 is 17.6 Å². The third-order valence-corrected chi connectivity index (χ3v) is 3.33. The molecule has 0 radical (unpaired) electrons. The molecule has 0 aliphatic heterocycles. The highest BCUT2D eigenvalue weighted by molar-refractivity contribution is 5.96. The molecule has 7 nitrogen and oxygen atoms in total. The predicted octanol–water partition coefficient (Wildman–Crippen LogP) is 3.10. The topological polar surface area (TPSA) is 83.1 Å². The second kappa shape index (κ2) is 9.37. The first-order chi connectivity index (χ1) is 12.9. The number of alkyl halides is 2. The van der Waals surface area contributed by atoms with Gasteiger partial charge in [-0.1, -0.05) is 0 Å². The van der Waals surface area contributed by atoms with Crippen LogP contribution >= 0.6 is 0 Å². The Morgan fingerprint density at radius 2 is 1.67 bits per heavy atom. The van der Waals surface area contributed by atoms with E-state index in [-0.39, 0.29) is 11.3 Å². The van der Waals surface area contributed by atoms with E-state index in [1.807, 2.05) is 0 Å². The molecule has 144 valence electrons. The number of anilines is 1. The van der Waals surface area contributed by atoms with Gasteiger partial charge in [-0.15, -0.1) is 0 Å². The lowest BCUT2D eigenvalue weighted by Crippen LogP contribution is -2.21. The van der Waals surface area contributed by atoms with Crippen molar-refractivity contribution in [1.82, 2.24) is 0 Å². The molecule has 1 N–H and O–H groups in total. The SMILES string of the molecule is COc1ccc(OC)c(NC(=O)COC(=O)c2ccc(OC(F)F)cc2)c1. The number of nitrogens with one attached hydrogen (secondary N) is 1. The Hall–Kier alpha value is -3.36. The molecule has 1 amide bonds. The quantitative estimate of drug-likeness (QED) is 0.708. The minimum absolute atomic E-state index is 0.0865. The molecule has 0 spiro atoms. The van der Waals surface area contributed by atoms with E-state index < -0.39 is 25.1 Å². The summed E-state index contributed by atoms with van der Waals surface area (Å²) in [4.78, 5) is 23.9. The molecule has 2 rings (SSSR count). The molecule has 0 atom stereocenters. The molecule has 9 heteroatoms. The monoisotopic (exact) mass is 381 g/mol. The summed E-state index contributed by atoms with van der Waals surface area (Å²) in [6.45, 7) is -3.51. The van der Waals surface area contributed by atoms with Crippen molar-refractivity contribution in [3.8, 4) is 17.2 Å². The van der Waals surface area contributed by atoms with Crippen LogP contribution in [0.2, 0.25) is 0 Å². The van der Waals surface area contributed by atoms with E-state index in [9.17, 15) is 18.4 Å². The average molecular weight is 381 g/mol. The molecule has 0 saturated carbocycles. The number of amides is 1. The lowest BCUT2D eigenvalue weighted by molar-refractivity contribution is -0.119. The summed E-state index contributed by atoms with van der Waals surface area (Å²) >= 11 is 0. The fourth-order valence-corrected chi connectivity index (χ4v) is 2.08. The van der Waals surface area contributed by atoms with Gasteiger partial charge in [-0.3, -0.25) is 4.79 Å². The summed E-state index contributed by atoms with van der Waals surface area (Å²) in [5.74, 6) is -0.553. The number of ether oxygens (including phenoxy) is 4. The van der Waals surface area contributed by atoms with Crippen molar-refractivity contribution in [2.45, 2.75) is 6.61 Å². The van der Waals surface area contributed by atoms with Crippen LogP contribution in [0.15, 0.2) is 42.5 Å². The molecule has 0 saturated heterocycles. The van der Waals surface area contributed by atoms with Crippen molar-refractivity contribution in [3.63, 3.8) is 0 Å². The molecule has 2 aromatic rings. The number of halogens is 2. The second-order valence-corrected chi connectivity index (χ2v) is 5.09. The van der Waals surface area contributed by atoms with Gasteiger partial charge in [-0.25, -0.2) is 4.79 Å². The number of hydrogen-bond acceptors (Lipinski definition) is 6. The van der Waals surface area contributed by atoms with E-state index in [4.69, 9.17) is 14.2 Å². The Labute approximate surface area is 153 Å². The lowest BCUT2D eigenvalue weighted by atomic mass is 10.2. The van der Waals surface area contributed by atoms with Gasteiger partial charge in [0.2, 0.25) is 0 Å². The first kappa shape index (κ1) is 20.0. The fourth-order valence-electron chi connectivity index (χ4n) is 2.08. The van der Waals surface area contributed by atoms with Crippen LogP contribution in [-0.2, 0) is 9.53 Å². The Morgan fingerprint density at radius 1 is 1.00 bits per heavy atom. The zero-order valence-electron chi connectivity index (χ0n) is 14.5. The molecule has 2 aromatic carbocycles. The van der Waals surface area contributed by atoms with E-state index in [1.54, 1.807) is 18.2 Å². The molecule has 0 aliphatic carbocycles. The molecule has 0 heterocycles. The smallest absolute Gasteiger partial charge is 0.387 e. The zero-order chi connectivity index (χ0) is 19.8. The summed E-state index contributed by atoms with van der Waals surface area (Å²) < 4.78 is 43.5. The van der Waals surface area contributed by atoms with Gasteiger partial charge >= 0.3 is 12.6 Å². The van der Waals surface area contributed by atoms with Crippen LogP contribution in [0.25, 0.3) is 0 Å². The van der Waals surface area contributed by atoms with Crippen LogP contribution in [0.4, 0.5) is 14.5 Å². The maximum atomic E-state index is 12.1. The lowest BCUT2D eigenvalue weighted by Gasteiger charge is -2.12. The van der Waals surface area contributed by atoms with Gasteiger partial charge in [0.25, 0.3) is 5.91 Å². The Kier molecular flexibility index (Phi) is 6.93. The molecular formula is C18H17F2NO6. The maximum absolute atomic E-state index is 12.1. The van der Waals surface area contributed by atoms with Crippen molar-refractivity contribution in [2.75, 3.05) is 26.1 Å². The van der Waals surface area contributed by atoms with Gasteiger partial charge in [0, 0.05) is 6.07 Å². The minimum Gasteiger partial charge on any atom is -0.497 e. The summed E-state index contributed by atoms with van der Waals surface area (Å²) in [5, 5.41) is 2.55. The number of esters is 1. The Balaban J connectivity index is 1.92. The van der Waals surface area contributed by atoms with Gasteiger partial charge in [0.1, 0.15) is 17.2 Å². The molecule has 0 fully saturated rings. The van der Waals surface area contributed by atoms with E-state index in [2.05, 4.69) is 10.1 Å². The Bertz CT molecular complexity index is 795. The standard InChI is InChI=1S/C18H17F2NO6/c1-24-13-7-8-15(25-2)14(9-13)21-16(22)10-26-17(23)11-3-5-12(6-4-11)27-18(19)20/h3-9,18H,10H2,1-2H3,(H,21,22). The molecule has 0 bridgehead atoms. The largest absolute Gasteiger partial charge is 0.497 e. The van der Waals surface area contributed by atoms with Gasteiger partial charge in [0.15, 0.2) is 6.61 Å². The average Bonchev–Trinajstić information content (AvgIpc) is 2.66. The molecule has 0 unspecified atom stereocenters. The number of hydrogen-bond donors (Lipinski definition) is 1. The highest BCUT2D eigenvalue weighted by Crippen LogP contribution is 2.28.